The van der Waals surface area contributed by atoms with E-state index in [1.807, 2.05) is 23.6 Å². The summed E-state index contributed by atoms with van der Waals surface area (Å²) in [5.74, 6) is 0.981. The predicted molar refractivity (Wildman–Crippen MR) is 105 cm³/mol. The van der Waals surface area contributed by atoms with Gasteiger partial charge in [-0.3, -0.25) is 4.79 Å². The first-order valence-electron chi connectivity index (χ1n) is 8.93. The zero-order valence-corrected chi connectivity index (χ0v) is 15.9. The van der Waals surface area contributed by atoms with E-state index in [0.29, 0.717) is 25.2 Å². The molecular weight excluding hydrogens is 377 g/mol. The van der Waals surface area contributed by atoms with Crippen LogP contribution in [0.2, 0.25) is 0 Å². The van der Waals surface area contributed by atoms with E-state index in [2.05, 4.69) is 16.3 Å². The Morgan fingerprint density at radius 1 is 1.11 bits per heavy atom. The van der Waals surface area contributed by atoms with Crippen LogP contribution in [0.5, 0.6) is 0 Å². The number of aromatic nitrogens is 4. The summed E-state index contributed by atoms with van der Waals surface area (Å²) in [6.07, 6.45) is 0. The first-order chi connectivity index (χ1) is 13.6. The first kappa shape index (κ1) is 17.0. The van der Waals surface area contributed by atoms with Crippen molar-refractivity contribution in [3.05, 3.63) is 65.2 Å². The van der Waals surface area contributed by atoms with Gasteiger partial charge in [-0.2, -0.15) is 0 Å². The average molecular weight is 393 g/mol. The molecule has 1 aliphatic heterocycles. The maximum atomic E-state index is 13.1. The van der Waals surface area contributed by atoms with Gasteiger partial charge in [-0.15, -0.1) is 21.5 Å². The topological polar surface area (TPSA) is 63.9 Å². The van der Waals surface area contributed by atoms with Gasteiger partial charge in [0.15, 0.2) is 16.7 Å². The van der Waals surface area contributed by atoms with Crippen LogP contribution in [0.3, 0.4) is 0 Å². The summed E-state index contributed by atoms with van der Waals surface area (Å²) in [4.78, 5) is 19.2. The van der Waals surface area contributed by atoms with Gasteiger partial charge < -0.3 is 9.47 Å². The summed E-state index contributed by atoms with van der Waals surface area (Å²) in [5, 5.41) is 9.47. The molecule has 0 aliphatic carbocycles. The van der Waals surface area contributed by atoms with Gasteiger partial charge in [0.2, 0.25) is 0 Å². The van der Waals surface area contributed by atoms with E-state index in [1.165, 1.54) is 24.3 Å². The lowest BCUT2D eigenvalue weighted by Crippen LogP contribution is -2.38. The maximum Gasteiger partial charge on any atom is 0.254 e. The van der Waals surface area contributed by atoms with Crippen LogP contribution in [0.1, 0.15) is 21.7 Å². The van der Waals surface area contributed by atoms with Gasteiger partial charge in [-0.25, -0.2) is 9.37 Å². The Bertz CT molecular complexity index is 1200. The molecule has 0 fully saturated rings. The van der Waals surface area contributed by atoms with Crippen molar-refractivity contribution in [2.24, 2.45) is 0 Å². The number of benzene rings is 2. The summed E-state index contributed by atoms with van der Waals surface area (Å²) in [6.45, 7) is 3.55. The third-order valence-corrected chi connectivity index (χ3v) is 5.96. The van der Waals surface area contributed by atoms with E-state index < -0.39 is 0 Å². The highest BCUT2D eigenvalue weighted by atomic mass is 32.1. The number of fused-ring (bicyclic) bond motifs is 2. The Hall–Kier alpha value is -3.13. The number of hydrogen-bond acceptors (Lipinski definition) is 5. The molecule has 0 atom stereocenters. The number of rotatable bonds is 2. The van der Waals surface area contributed by atoms with Crippen LogP contribution in [0, 0.1) is 12.7 Å². The van der Waals surface area contributed by atoms with E-state index in [9.17, 15) is 9.18 Å². The van der Waals surface area contributed by atoms with E-state index >= 15 is 0 Å². The molecule has 3 heterocycles. The monoisotopic (exact) mass is 393 g/mol. The second-order valence-corrected chi connectivity index (χ2v) is 7.80. The Labute approximate surface area is 164 Å². The molecular formula is C20H16FN5OS. The molecule has 0 spiro atoms. The van der Waals surface area contributed by atoms with Crippen molar-refractivity contribution in [3.63, 3.8) is 0 Å². The molecule has 0 saturated heterocycles. The van der Waals surface area contributed by atoms with Gasteiger partial charge >= 0.3 is 0 Å². The molecule has 5 rings (SSSR count). The van der Waals surface area contributed by atoms with Crippen LogP contribution in [0.4, 0.5) is 4.39 Å². The fraction of sp³-hybridized carbons (Fsp3) is 0.200. The molecule has 2 aromatic heterocycles. The van der Waals surface area contributed by atoms with Crippen LogP contribution in [-0.2, 0) is 13.1 Å². The van der Waals surface area contributed by atoms with Gasteiger partial charge in [0.05, 0.1) is 16.8 Å². The van der Waals surface area contributed by atoms with E-state index in [4.69, 9.17) is 4.98 Å². The highest BCUT2D eigenvalue weighted by molar-refractivity contribution is 7.21. The summed E-state index contributed by atoms with van der Waals surface area (Å²) < 4.78 is 16.3. The Morgan fingerprint density at radius 2 is 1.93 bits per heavy atom. The number of nitrogens with zero attached hydrogens (tertiary/aromatic N) is 5. The van der Waals surface area contributed by atoms with Crippen molar-refractivity contribution < 1.29 is 9.18 Å². The standard InChI is InChI=1S/C20H16FN5OS/c1-12-3-2-4-15-17(12)22-19(28-15)18-24-23-16-11-25(9-10-26(16)18)20(27)13-5-7-14(21)8-6-13/h2-8H,9-11H2,1H3. The third-order valence-electron chi connectivity index (χ3n) is 4.94. The zero-order valence-electron chi connectivity index (χ0n) is 15.1. The number of para-hydroxylation sites is 1. The fourth-order valence-corrected chi connectivity index (χ4v) is 4.48. The zero-order chi connectivity index (χ0) is 19.3. The van der Waals surface area contributed by atoms with Gasteiger partial charge in [0.1, 0.15) is 5.82 Å². The smallest absolute Gasteiger partial charge is 0.254 e. The van der Waals surface area contributed by atoms with E-state index in [1.54, 1.807) is 16.2 Å². The molecule has 140 valence electrons. The lowest BCUT2D eigenvalue weighted by Gasteiger charge is -2.27. The molecule has 0 radical (unpaired) electrons. The van der Waals surface area contributed by atoms with Crippen molar-refractivity contribution >= 4 is 27.5 Å². The lowest BCUT2D eigenvalue weighted by molar-refractivity contribution is 0.0708. The number of aryl methyl sites for hydroxylation is 1. The highest BCUT2D eigenvalue weighted by Gasteiger charge is 2.26. The van der Waals surface area contributed by atoms with Crippen LogP contribution < -0.4 is 0 Å². The second-order valence-electron chi connectivity index (χ2n) is 6.77. The van der Waals surface area contributed by atoms with Crippen molar-refractivity contribution in [1.29, 1.82) is 0 Å². The molecule has 0 bridgehead atoms. The summed E-state index contributed by atoms with van der Waals surface area (Å²) in [5.41, 5.74) is 2.59. The maximum absolute atomic E-state index is 13.1. The average Bonchev–Trinajstić information content (AvgIpc) is 3.32. The molecule has 1 aliphatic rings. The molecule has 1 amide bonds. The molecule has 0 N–H and O–H groups in total. The Balaban J connectivity index is 1.44. The first-order valence-corrected chi connectivity index (χ1v) is 9.75. The van der Waals surface area contributed by atoms with E-state index in [0.717, 1.165) is 32.4 Å². The largest absolute Gasteiger partial charge is 0.329 e. The summed E-state index contributed by atoms with van der Waals surface area (Å²) in [6, 6.07) is 11.7. The predicted octanol–water partition coefficient (Wildman–Crippen LogP) is 3.66. The quantitative estimate of drug-likeness (QED) is 0.521. The Morgan fingerprint density at radius 3 is 2.71 bits per heavy atom. The van der Waals surface area contributed by atoms with Gasteiger partial charge in [-0.05, 0) is 42.8 Å². The third kappa shape index (κ3) is 2.77. The van der Waals surface area contributed by atoms with Gasteiger partial charge in [-0.1, -0.05) is 12.1 Å². The number of thiazole rings is 1. The van der Waals surface area contributed by atoms with Crippen molar-refractivity contribution in [2.75, 3.05) is 6.54 Å². The van der Waals surface area contributed by atoms with Crippen LogP contribution in [-0.4, -0.2) is 37.1 Å². The molecule has 0 saturated carbocycles. The minimum Gasteiger partial charge on any atom is -0.329 e. The molecule has 28 heavy (non-hydrogen) atoms. The minimum absolute atomic E-state index is 0.133. The minimum atomic E-state index is -0.356. The summed E-state index contributed by atoms with van der Waals surface area (Å²) >= 11 is 1.60. The lowest BCUT2D eigenvalue weighted by atomic mass is 10.2. The molecule has 6 nitrogen and oxygen atoms in total. The molecule has 8 heteroatoms. The van der Waals surface area contributed by atoms with Crippen LogP contribution in [0.15, 0.2) is 42.5 Å². The number of halogens is 1. The number of carbonyl (C=O) groups is 1. The molecule has 0 unspecified atom stereocenters. The Kier molecular flexibility index (Phi) is 3.94. The van der Waals surface area contributed by atoms with Crippen molar-refractivity contribution in [1.82, 2.24) is 24.6 Å². The number of amides is 1. The normalized spacial score (nSPS) is 13.7. The van der Waals surface area contributed by atoms with Crippen molar-refractivity contribution in [3.8, 4) is 10.8 Å². The van der Waals surface area contributed by atoms with E-state index in [-0.39, 0.29) is 11.7 Å². The van der Waals surface area contributed by atoms with Crippen molar-refractivity contribution in [2.45, 2.75) is 20.0 Å². The van der Waals surface area contributed by atoms with Gasteiger partial charge in [0, 0.05) is 18.7 Å². The summed E-state index contributed by atoms with van der Waals surface area (Å²) in [7, 11) is 0. The van der Waals surface area contributed by atoms with Crippen LogP contribution >= 0.6 is 11.3 Å². The molecule has 4 aromatic rings. The highest BCUT2D eigenvalue weighted by Crippen LogP contribution is 2.31. The second kappa shape index (κ2) is 6.49. The van der Waals surface area contributed by atoms with Gasteiger partial charge in [0.25, 0.3) is 5.91 Å². The fourth-order valence-electron chi connectivity index (χ4n) is 3.45. The number of carbonyl (C=O) groups excluding carboxylic acids is 1. The number of hydrogen-bond donors (Lipinski definition) is 0. The van der Waals surface area contributed by atoms with Crippen LogP contribution in [0.25, 0.3) is 21.0 Å². The SMILES string of the molecule is Cc1cccc2sc(-c3nnc4n3CCN(C(=O)c3ccc(F)cc3)C4)nc12. The molecule has 2 aromatic carbocycles.